The highest BCUT2D eigenvalue weighted by Crippen LogP contribution is 2.28. The van der Waals surface area contributed by atoms with Crippen molar-refractivity contribution in [2.45, 2.75) is 26.4 Å². The zero-order chi connectivity index (χ0) is 20.7. The van der Waals surface area contributed by atoms with Crippen LogP contribution in [0.15, 0.2) is 36.4 Å². The molecule has 2 N–H and O–H groups in total. The van der Waals surface area contributed by atoms with Crippen molar-refractivity contribution in [1.29, 1.82) is 0 Å². The molecule has 0 saturated carbocycles. The van der Waals surface area contributed by atoms with E-state index >= 15 is 0 Å². The van der Waals surface area contributed by atoms with Crippen LogP contribution in [0.5, 0.6) is 11.5 Å². The number of amides is 2. The zero-order valence-electron chi connectivity index (χ0n) is 15.8. The first-order valence-electron chi connectivity index (χ1n) is 8.62. The van der Waals surface area contributed by atoms with Crippen molar-refractivity contribution >= 4 is 35.0 Å². The van der Waals surface area contributed by atoms with Gasteiger partial charge in [-0.05, 0) is 49.7 Å². The smallest absolute Gasteiger partial charge is 0.258 e. The minimum atomic E-state index is -0.298. The van der Waals surface area contributed by atoms with Gasteiger partial charge in [0, 0.05) is 28.2 Å². The maximum absolute atomic E-state index is 12.4. The molecule has 0 aromatic heterocycles. The van der Waals surface area contributed by atoms with E-state index in [0.717, 1.165) is 5.56 Å². The molecule has 0 unspecified atom stereocenters. The van der Waals surface area contributed by atoms with Crippen molar-refractivity contribution in [2.75, 3.05) is 13.7 Å². The Hall–Kier alpha value is -2.44. The van der Waals surface area contributed by atoms with Gasteiger partial charge >= 0.3 is 0 Å². The van der Waals surface area contributed by atoms with E-state index in [1.165, 1.54) is 7.11 Å². The number of ether oxygens (including phenoxy) is 2. The summed E-state index contributed by atoms with van der Waals surface area (Å²) in [6, 6.07) is 9.84. The summed E-state index contributed by atoms with van der Waals surface area (Å²) in [7, 11) is 1.46. The number of carbonyl (C=O) groups excluding carboxylic acids is 2. The lowest BCUT2D eigenvalue weighted by Crippen LogP contribution is -2.34. The number of hydrogen-bond donors (Lipinski definition) is 2. The highest BCUT2D eigenvalue weighted by atomic mass is 35.5. The number of benzene rings is 2. The number of rotatable bonds is 8. The number of carbonyl (C=O) groups is 2. The van der Waals surface area contributed by atoms with Crippen LogP contribution in [0.1, 0.15) is 29.8 Å². The van der Waals surface area contributed by atoms with Crippen molar-refractivity contribution < 1.29 is 19.1 Å². The monoisotopic (exact) mass is 424 g/mol. The van der Waals surface area contributed by atoms with Crippen LogP contribution in [0, 0.1) is 0 Å². The second-order valence-electron chi connectivity index (χ2n) is 6.29. The van der Waals surface area contributed by atoms with Gasteiger partial charge in [-0.15, -0.1) is 0 Å². The van der Waals surface area contributed by atoms with Gasteiger partial charge in [0.05, 0.1) is 7.11 Å². The van der Waals surface area contributed by atoms with Gasteiger partial charge in [0.1, 0.15) is 0 Å². The van der Waals surface area contributed by atoms with Crippen LogP contribution in [0.4, 0.5) is 0 Å². The van der Waals surface area contributed by atoms with Crippen molar-refractivity contribution in [3.05, 3.63) is 57.6 Å². The first-order valence-corrected chi connectivity index (χ1v) is 9.38. The van der Waals surface area contributed by atoms with Gasteiger partial charge in [-0.25, -0.2) is 0 Å². The lowest BCUT2D eigenvalue weighted by molar-refractivity contribution is -0.123. The van der Waals surface area contributed by atoms with E-state index < -0.39 is 0 Å². The Kier molecular flexibility index (Phi) is 7.96. The van der Waals surface area contributed by atoms with E-state index in [1.54, 1.807) is 36.4 Å². The first kappa shape index (κ1) is 21.9. The van der Waals surface area contributed by atoms with Crippen LogP contribution in [0.25, 0.3) is 0 Å². The number of methoxy groups -OCH3 is 1. The lowest BCUT2D eigenvalue weighted by atomic mass is 10.1. The summed E-state index contributed by atoms with van der Waals surface area (Å²) in [5.41, 5.74) is 1.14. The molecule has 0 spiro atoms. The molecular weight excluding hydrogens is 403 g/mol. The van der Waals surface area contributed by atoms with E-state index in [2.05, 4.69) is 10.6 Å². The average molecular weight is 425 g/mol. The number of hydrogen-bond acceptors (Lipinski definition) is 4. The highest BCUT2D eigenvalue weighted by Gasteiger charge is 2.13. The summed E-state index contributed by atoms with van der Waals surface area (Å²) in [6.45, 7) is 3.84. The van der Waals surface area contributed by atoms with Gasteiger partial charge in [0.25, 0.3) is 11.8 Å². The zero-order valence-corrected chi connectivity index (χ0v) is 17.4. The second-order valence-corrected chi connectivity index (χ2v) is 7.14. The van der Waals surface area contributed by atoms with Gasteiger partial charge in [-0.3, -0.25) is 9.59 Å². The van der Waals surface area contributed by atoms with Crippen molar-refractivity contribution in [3.8, 4) is 11.5 Å². The fourth-order valence-corrected chi connectivity index (χ4v) is 2.85. The Bertz CT molecular complexity index is 856. The largest absolute Gasteiger partial charge is 0.493 e. The Morgan fingerprint density at radius 1 is 1.07 bits per heavy atom. The third-order valence-corrected chi connectivity index (χ3v) is 4.28. The molecule has 0 saturated heterocycles. The first-order chi connectivity index (χ1) is 13.3. The van der Waals surface area contributed by atoms with Crippen molar-refractivity contribution in [3.63, 3.8) is 0 Å². The van der Waals surface area contributed by atoms with Crippen LogP contribution < -0.4 is 20.1 Å². The lowest BCUT2D eigenvalue weighted by Gasteiger charge is -2.13. The van der Waals surface area contributed by atoms with E-state index in [1.807, 2.05) is 13.8 Å². The van der Waals surface area contributed by atoms with E-state index in [4.69, 9.17) is 32.7 Å². The van der Waals surface area contributed by atoms with Crippen LogP contribution >= 0.6 is 23.2 Å². The van der Waals surface area contributed by atoms with Gasteiger partial charge in [0.2, 0.25) is 0 Å². The molecule has 0 fully saturated rings. The molecule has 0 aliphatic heterocycles. The molecule has 2 rings (SSSR count). The van der Waals surface area contributed by atoms with Gasteiger partial charge in [0.15, 0.2) is 18.1 Å². The van der Waals surface area contributed by atoms with E-state index in [-0.39, 0.29) is 31.0 Å². The molecule has 0 aliphatic rings. The Labute approximate surface area is 174 Å². The number of halogens is 2. The summed E-state index contributed by atoms with van der Waals surface area (Å²) in [4.78, 5) is 24.1. The minimum Gasteiger partial charge on any atom is -0.493 e. The third-order valence-electron chi connectivity index (χ3n) is 3.69. The molecule has 0 aliphatic carbocycles. The van der Waals surface area contributed by atoms with Crippen molar-refractivity contribution in [2.24, 2.45) is 0 Å². The summed E-state index contributed by atoms with van der Waals surface area (Å²) in [6.07, 6.45) is 0. The summed E-state index contributed by atoms with van der Waals surface area (Å²) >= 11 is 12.0. The molecule has 150 valence electrons. The molecule has 8 heteroatoms. The van der Waals surface area contributed by atoms with Gasteiger partial charge in [-0.2, -0.15) is 0 Å². The SMILES string of the molecule is COc1cc(C(=O)NCc2ccc(Cl)cc2Cl)ccc1OCC(=O)NC(C)C. The summed E-state index contributed by atoms with van der Waals surface area (Å²) in [5, 5.41) is 6.53. The van der Waals surface area contributed by atoms with Crippen LogP contribution in [0.2, 0.25) is 10.0 Å². The fraction of sp³-hybridized carbons (Fsp3) is 0.300. The minimum absolute atomic E-state index is 0.0261. The van der Waals surface area contributed by atoms with Crippen LogP contribution in [-0.2, 0) is 11.3 Å². The van der Waals surface area contributed by atoms with Crippen molar-refractivity contribution in [1.82, 2.24) is 10.6 Å². The number of nitrogens with one attached hydrogen (secondary N) is 2. The Morgan fingerprint density at radius 3 is 2.46 bits per heavy atom. The highest BCUT2D eigenvalue weighted by molar-refractivity contribution is 6.35. The normalized spacial score (nSPS) is 10.5. The predicted molar refractivity (Wildman–Crippen MR) is 109 cm³/mol. The molecule has 0 heterocycles. The molecule has 6 nitrogen and oxygen atoms in total. The van der Waals surface area contributed by atoms with E-state index in [0.29, 0.717) is 27.1 Å². The molecule has 0 bridgehead atoms. The second kappa shape index (κ2) is 10.2. The summed E-state index contributed by atoms with van der Waals surface area (Å²) in [5.74, 6) is 0.195. The van der Waals surface area contributed by atoms with Crippen LogP contribution in [-0.4, -0.2) is 31.6 Å². The van der Waals surface area contributed by atoms with Gasteiger partial charge in [-0.1, -0.05) is 29.3 Å². The molecule has 2 amide bonds. The molecule has 28 heavy (non-hydrogen) atoms. The fourth-order valence-electron chi connectivity index (χ4n) is 2.38. The predicted octanol–water partition coefficient (Wildman–Crippen LogP) is 3.84. The maximum Gasteiger partial charge on any atom is 0.258 e. The van der Waals surface area contributed by atoms with Crippen LogP contribution in [0.3, 0.4) is 0 Å². The molecule has 2 aromatic rings. The molecular formula is C20H22Cl2N2O4. The quantitative estimate of drug-likeness (QED) is 0.674. The molecule has 0 atom stereocenters. The standard InChI is InChI=1S/C20H22Cl2N2O4/c1-12(2)24-19(25)11-28-17-7-5-13(8-18(17)27-3)20(26)23-10-14-4-6-15(21)9-16(14)22/h4-9,12H,10-11H2,1-3H3,(H,23,26)(H,24,25). The molecule has 2 aromatic carbocycles. The average Bonchev–Trinajstić information content (AvgIpc) is 2.64. The Balaban J connectivity index is 2.01. The Morgan fingerprint density at radius 2 is 1.82 bits per heavy atom. The topological polar surface area (TPSA) is 76.7 Å². The summed E-state index contributed by atoms with van der Waals surface area (Å²) < 4.78 is 10.8. The maximum atomic E-state index is 12.4. The van der Waals surface area contributed by atoms with E-state index in [9.17, 15) is 9.59 Å². The third kappa shape index (κ3) is 6.32. The molecule has 0 radical (unpaired) electrons. The van der Waals surface area contributed by atoms with Gasteiger partial charge < -0.3 is 20.1 Å².